The van der Waals surface area contributed by atoms with Gasteiger partial charge in [-0.2, -0.15) is 0 Å². The first-order valence-corrected chi connectivity index (χ1v) is 7.14. The van der Waals surface area contributed by atoms with Crippen molar-refractivity contribution in [1.29, 1.82) is 0 Å². The first-order chi connectivity index (χ1) is 10.1. The van der Waals surface area contributed by atoms with Gasteiger partial charge in [0.25, 0.3) is 11.8 Å². The van der Waals surface area contributed by atoms with Crippen LogP contribution in [0.1, 0.15) is 40.1 Å². The van der Waals surface area contributed by atoms with Crippen molar-refractivity contribution in [3.05, 3.63) is 65.2 Å². The van der Waals surface area contributed by atoms with Gasteiger partial charge in [0, 0.05) is 0 Å². The summed E-state index contributed by atoms with van der Waals surface area (Å²) in [6, 6.07) is 14.6. The fourth-order valence-corrected chi connectivity index (χ4v) is 2.72. The van der Waals surface area contributed by atoms with Crippen LogP contribution < -0.4 is 4.90 Å². The molecule has 106 valence electrons. The maximum atomic E-state index is 12.4. The fraction of sp³-hybridized carbons (Fsp3) is 0.222. The van der Waals surface area contributed by atoms with Crippen LogP contribution in [0.2, 0.25) is 0 Å². The minimum atomic E-state index is -0.239. The molecule has 0 spiro atoms. The molecule has 1 aliphatic rings. The molecular formula is C18H17NO2. The van der Waals surface area contributed by atoms with Gasteiger partial charge in [-0.15, -0.1) is 0 Å². The molecule has 1 heterocycles. The average molecular weight is 279 g/mol. The summed E-state index contributed by atoms with van der Waals surface area (Å²) in [5.41, 5.74) is 2.76. The molecule has 3 rings (SSSR count). The van der Waals surface area contributed by atoms with Gasteiger partial charge >= 0.3 is 0 Å². The van der Waals surface area contributed by atoms with E-state index in [9.17, 15) is 9.59 Å². The summed E-state index contributed by atoms with van der Waals surface area (Å²) in [4.78, 5) is 26.2. The highest BCUT2D eigenvalue weighted by molar-refractivity contribution is 6.34. The monoisotopic (exact) mass is 279 g/mol. The molecule has 0 unspecified atom stereocenters. The summed E-state index contributed by atoms with van der Waals surface area (Å²) >= 11 is 0. The van der Waals surface area contributed by atoms with Crippen LogP contribution in [-0.4, -0.2) is 11.8 Å². The zero-order chi connectivity index (χ0) is 15.0. The van der Waals surface area contributed by atoms with Gasteiger partial charge in [0.2, 0.25) is 0 Å². The van der Waals surface area contributed by atoms with E-state index < -0.39 is 0 Å². The van der Waals surface area contributed by atoms with Crippen molar-refractivity contribution in [2.45, 2.75) is 20.3 Å². The van der Waals surface area contributed by atoms with Gasteiger partial charge in [-0.3, -0.25) is 9.59 Å². The van der Waals surface area contributed by atoms with E-state index in [-0.39, 0.29) is 11.8 Å². The molecule has 0 N–H and O–H groups in total. The minimum Gasteiger partial charge on any atom is -0.268 e. The Labute approximate surface area is 124 Å². The molecule has 2 aromatic carbocycles. The van der Waals surface area contributed by atoms with E-state index in [4.69, 9.17) is 0 Å². The molecule has 0 saturated carbocycles. The molecule has 0 aliphatic carbocycles. The molecule has 0 bridgehead atoms. The molecule has 21 heavy (non-hydrogen) atoms. The molecule has 2 aromatic rings. The summed E-state index contributed by atoms with van der Waals surface area (Å²) in [5, 5.41) is 0. The molecule has 0 fully saturated rings. The summed E-state index contributed by atoms with van der Waals surface area (Å²) in [6.45, 7) is 4.30. The lowest BCUT2D eigenvalue weighted by molar-refractivity contribution is 0.0926. The number of hydrogen-bond acceptors (Lipinski definition) is 2. The standard InChI is InChI=1S/C18H17NO2/c1-12(2)10-13-6-5-7-14(11-13)19-17(20)15-8-3-4-9-16(15)18(19)21/h3-9,11-12H,10H2,1-2H3. The van der Waals surface area contributed by atoms with E-state index in [2.05, 4.69) is 13.8 Å². The molecule has 0 radical (unpaired) electrons. The third-order valence-electron chi connectivity index (χ3n) is 3.61. The predicted molar refractivity (Wildman–Crippen MR) is 82.6 cm³/mol. The van der Waals surface area contributed by atoms with E-state index in [0.717, 1.165) is 12.0 Å². The van der Waals surface area contributed by atoms with Crippen molar-refractivity contribution in [3.8, 4) is 0 Å². The molecule has 2 amide bonds. The van der Waals surface area contributed by atoms with Crippen LogP contribution in [0.3, 0.4) is 0 Å². The van der Waals surface area contributed by atoms with Crippen LogP contribution in [0.15, 0.2) is 48.5 Å². The molecule has 3 heteroatoms. The van der Waals surface area contributed by atoms with Crippen LogP contribution in [0.5, 0.6) is 0 Å². The van der Waals surface area contributed by atoms with Crippen molar-refractivity contribution < 1.29 is 9.59 Å². The molecule has 1 aliphatic heterocycles. The lowest BCUT2D eigenvalue weighted by Gasteiger charge is -2.15. The van der Waals surface area contributed by atoms with Crippen molar-refractivity contribution in [2.75, 3.05) is 4.90 Å². The van der Waals surface area contributed by atoms with Crippen LogP contribution in [0.4, 0.5) is 5.69 Å². The molecular weight excluding hydrogens is 262 g/mol. The number of imide groups is 1. The number of rotatable bonds is 3. The average Bonchev–Trinajstić information content (AvgIpc) is 2.71. The smallest absolute Gasteiger partial charge is 0.266 e. The second-order valence-corrected chi connectivity index (χ2v) is 5.76. The SMILES string of the molecule is CC(C)Cc1cccc(N2C(=O)c3ccccc3C2=O)c1. The normalized spacial score (nSPS) is 14.0. The van der Waals surface area contributed by atoms with Gasteiger partial charge in [-0.25, -0.2) is 4.90 Å². The van der Waals surface area contributed by atoms with E-state index in [1.165, 1.54) is 4.90 Å². The van der Waals surface area contributed by atoms with Crippen molar-refractivity contribution in [3.63, 3.8) is 0 Å². The highest BCUT2D eigenvalue weighted by Crippen LogP contribution is 2.29. The second-order valence-electron chi connectivity index (χ2n) is 5.76. The lowest BCUT2D eigenvalue weighted by atomic mass is 10.0. The summed E-state index contributed by atoms with van der Waals surface area (Å²) in [7, 11) is 0. The minimum absolute atomic E-state index is 0.239. The molecule has 3 nitrogen and oxygen atoms in total. The number of amides is 2. The van der Waals surface area contributed by atoms with E-state index in [0.29, 0.717) is 22.7 Å². The fourth-order valence-electron chi connectivity index (χ4n) is 2.72. The van der Waals surface area contributed by atoms with Gasteiger partial charge in [0.15, 0.2) is 0 Å². The highest BCUT2D eigenvalue weighted by atomic mass is 16.2. The van der Waals surface area contributed by atoms with E-state index >= 15 is 0 Å². The van der Waals surface area contributed by atoms with E-state index in [1.807, 2.05) is 24.3 Å². The largest absolute Gasteiger partial charge is 0.268 e. The van der Waals surface area contributed by atoms with Crippen LogP contribution in [0, 0.1) is 5.92 Å². The van der Waals surface area contributed by atoms with Crippen LogP contribution in [-0.2, 0) is 6.42 Å². The Hall–Kier alpha value is -2.42. The maximum Gasteiger partial charge on any atom is 0.266 e. The maximum absolute atomic E-state index is 12.4. The van der Waals surface area contributed by atoms with E-state index in [1.54, 1.807) is 24.3 Å². The lowest BCUT2D eigenvalue weighted by Crippen LogP contribution is -2.29. The Morgan fingerprint density at radius 1 is 0.905 bits per heavy atom. The van der Waals surface area contributed by atoms with Gasteiger partial charge in [0.05, 0.1) is 16.8 Å². The van der Waals surface area contributed by atoms with Crippen molar-refractivity contribution in [1.82, 2.24) is 0 Å². The van der Waals surface area contributed by atoms with Gasteiger partial charge in [-0.1, -0.05) is 38.1 Å². The Bertz CT molecular complexity index is 684. The number of carbonyl (C=O) groups excluding carboxylic acids is 2. The molecule has 0 saturated heterocycles. The summed E-state index contributed by atoms with van der Waals surface area (Å²) < 4.78 is 0. The first kappa shape index (κ1) is 13.6. The quantitative estimate of drug-likeness (QED) is 0.804. The zero-order valence-corrected chi connectivity index (χ0v) is 12.2. The third-order valence-corrected chi connectivity index (χ3v) is 3.61. The Balaban J connectivity index is 1.99. The van der Waals surface area contributed by atoms with Crippen LogP contribution >= 0.6 is 0 Å². The summed E-state index contributed by atoms with van der Waals surface area (Å²) in [6.07, 6.45) is 0.928. The number of benzene rings is 2. The number of nitrogens with zero attached hydrogens (tertiary/aromatic N) is 1. The van der Waals surface area contributed by atoms with Gasteiger partial charge in [0.1, 0.15) is 0 Å². The predicted octanol–water partition coefficient (Wildman–Crippen LogP) is 3.69. The molecule has 0 aromatic heterocycles. The molecule has 0 atom stereocenters. The van der Waals surface area contributed by atoms with Crippen molar-refractivity contribution in [2.24, 2.45) is 5.92 Å². The number of carbonyl (C=O) groups is 2. The summed E-state index contributed by atoms with van der Waals surface area (Å²) in [5.74, 6) is 0.0528. The first-order valence-electron chi connectivity index (χ1n) is 7.14. The number of fused-ring (bicyclic) bond motifs is 1. The Kier molecular flexibility index (Phi) is 3.34. The van der Waals surface area contributed by atoms with Gasteiger partial charge < -0.3 is 0 Å². The number of hydrogen-bond donors (Lipinski definition) is 0. The van der Waals surface area contributed by atoms with Gasteiger partial charge in [-0.05, 0) is 42.2 Å². The Morgan fingerprint density at radius 3 is 2.10 bits per heavy atom. The Morgan fingerprint density at radius 2 is 1.52 bits per heavy atom. The van der Waals surface area contributed by atoms with Crippen molar-refractivity contribution >= 4 is 17.5 Å². The highest BCUT2D eigenvalue weighted by Gasteiger charge is 2.36. The second kappa shape index (κ2) is 5.17. The number of anilines is 1. The topological polar surface area (TPSA) is 37.4 Å². The van der Waals surface area contributed by atoms with Crippen LogP contribution in [0.25, 0.3) is 0 Å². The third kappa shape index (κ3) is 2.35. The zero-order valence-electron chi connectivity index (χ0n) is 12.2.